The number of rotatable bonds is 5. The first-order chi connectivity index (χ1) is 9.60. The zero-order valence-corrected chi connectivity index (χ0v) is 11.6. The van der Waals surface area contributed by atoms with E-state index in [0.29, 0.717) is 16.4 Å². The topological polar surface area (TPSA) is 90.4 Å². The molecule has 0 saturated carbocycles. The van der Waals surface area contributed by atoms with Crippen LogP contribution in [0.15, 0.2) is 34.9 Å². The highest BCUT2D eigenvalue weighted by molar-refractivity contribution is 7.80. The number of benzene rings is 1. The Bertz CT molecular complexity index is 622. The van der Waals surface area contributed by atoms with Crippen molar-refractivity contribution in [3.8, 4) is 0 Å². The molecule has 0 aliphatic heterocycles. The summed E-state index contributed by atoms with van der Waals surface area (Å²) in [5, 5.41) is 6.36. The summed E-state index contributed by atoms with van der Waals surface area (Å²) < 4.78 is 9.83. The predicted molar refractivity (Wildman–Crippen MR) is 77.5 cm³/mol. The third kappa shape index (κ3) is 3.40. The van der Waals surface area contributed by atoms with E-state index in [1.807, 2.05) is 0 Å². The Hall–Kier alpha value is -2.25. The lowest BCUT2D eigenvalue weighted by Gasteiger charge is -2.03. The SMILES string of the molecule is COCc1cc(C(=O)Nc2ccc(C(N)=S)cc2)no1. The molecule has 0 aliphatic rings. The molecule has 0 unspecified atom stereocenters. The van der Waals surface area contributed by atoms with Crippen LogP contribution >= 0.6 is 12.2 Å². The summed E-state index contributed by atoms with van der Waals surface area (Å²) >= 11 is 4.85. The van der Waals surface area contributed by atoms with E-state index in [1.54, 1.807) is 24.3 Å². The van der Waals surface area contributed by atoms with E-state index < -0.39 is 0 Å². The lowest BCUT2D eigenvalue weighted by molar-refractivity contribution is 0.101. The highest BCUT2D eigenvalue weighted by atomic mass is 32.1. The fourth-order valence-corrected chi connectivity index (χ4v) is 1.68. The quantitative estimate of drug-likeness (QED) is 0.815. The van der Waals surface area contributed by atoms with Gasteiger partial charge in [-0.1, -0.05) is 17.4 Å². The average Bonchev–Trinajstić information content (AvgIpc) is 2.88. The molecular weight excluding hydrogens is 278 g/mol. The minimum Gasteiger partial charge on any atom is -0.389 e. The molecule has 0 aliphatic carbocycles. The molecule has 1 aromatic carbocycles. The molecule has 0 atom stereocenters. The third-order valence-corrected chi connectivity index (χ3v) is 2.74. The Morgan fingerprint density at radius 2 is 2.15 bits per heavy atom. The van der Waals surface area contributed by atoms with Gasteiger partial charge in [0.15, 0.2) is 11.5 Å². The van der Waals surface area contributed by atoms with Crippen molar-refractivity contribution in [2.75, 3.05) is 12.4 Å². The summed E-state index contributed by atoms with van der Waals surface area (Å²) in [6, 6.07) is 8.42. The van der Waals surface area contributed by atoms with E-state index >= 15 is 0 Å². The zero-order valence-electron chi connectivity index (χ0n) is 10.8. The molecular formula is C13H13N3O3S. The number of nitrogens with two attached hydrogens (primary N) is 1. The van der Waals surface area contributed by atoms with Gasteiger partial charge in [-0.2, -0.15) is 0 Å². The van der Waals surface area contributed by atoms with E-state index in [-0.39, 0.29) is 18.2 Å². The van der Waals surface area contributed by atoms with Gasteiger partial charge < -0.3 is 20.3 Å². The second kappa shape index (κ2) is 6.27. The number of carbonyl (C=O) groups is 1. The van der Waals surface area contributed by atoms with Crippen molar-refractivity contribution in [3.05, 3.63) is 47.3 Å². The van der Waals surface area contributed by atoms with Crippen LogP contribution < -0.4 is 11.1 Å². The molecule has 6 nitrogen and oxygen atoms in total. The first kappa shape index (κ1) is 14.2. The van der Waals surface area contributed by atoms with Crippen molar-refractivity contribution in [2.24, 2.45) is 5.73 Å². The molecule has 1 aromatic heterocycles. The van der Waals surface area contributed by atoms with E-state index in [2.05, 4.69) is 10.5 Å². The van der Waals surface area contributed by atoms with Gasteiger partial charge in [-0.15, -0.1) is 0 Å². The lowest BCUT2D eigenvalue weighted by Crippen LogP contribution is -2.13. The molecule has 3 N–H and O–H groups in total. The molecule has 1 amide bonds. The summed E-state index contributed by atoms with van der Waals surface area (Å²) in [5.41, 5.74) is 7.04. The number of aromatic nitrogens is 1. The van der Waals surface area contributed by atoms with Gasteiger partial charge in [0.2, 0.25) is 0 Å². The fraction of sp³-hybridized carbons (Fsp3) is 0.154. The molecule has 2 aromatic rings. The van der Waals surface area contributed by atoms with Crippen LogP contribution in [-0.4, -0.2) is 23.2 Å². The number of nitrogens with one attached hydrogen (secondary N) is 1. The minimum absolute atomic E-state index is 0.190. The Morgan fingerprint density at radius 1 is 1.45 bits per heavy atom. The second-order valence-corrected chi connectivity index (χ2v) is 4.45. The highest BCUT2D eigenvalue weighted by Gasteiger charge is 2.12. The van der Waals surface area contributed by atoms with Crippen molar-refractivity contribution in [2.45, 2.75) is 6.61 Å². The Labute approximate surface area is 120 Å². The van der Waals surface area contributed by atoms with Crippen molar-refractivity contribution < 1.29 is 14.1 Å². The molecule has 7 heteroatoms. The Balaban J connectivity index is 2.04. The van der Waals surface area contributed by atoms with Crippen LogP contribution in [0.4, 0.5) is 5.69 Å². The van der Waals surface area contributed by atoms with Crippen LogP contribution in [0, 0.1) is 0 Å². The van der Waals surface area contributed by atoms with E-state index in [9.17, 15) is 4.79 Å². The Kier molecular flexibility index (Phi) is 4.44. The predicted octanol–water partition coefficient (Wildman–Crippen LogP) is 1.71. The summed E-state index contributed by atoms with van der Waals surface area (Å²) in [4.78, 5) is 12.2. The number of nitrogens with zero attached hydrogens (tertiary/aromatic N) is 1. The number of hydrogen-bond donors (Lipinski definition) is 2. The number of carbonyl (C=O) groups excluding carboxylic acids is 1. The Morgan fingerprint density at radius 3 is 2.75 bits per heavy atom. The van der Waals surface area contributed by atoms with Crippen LogP contribution in [0.2, 0.25) is 0 Å². The van der Waals surface area contributed by atoms with Gasteiger partial charge >= 0.3 is 0 Å². The molecule has 0 saturated heterocycles. The molecule has 1 heterocycles. The van der Waals surface area contributed by atoms with Crippen LogP contribution in [0.25, 0.3) is 0 Å². The molecule has 0 spiro atoms. The fourth-order valence-electron chi connectivity index (χ4n) is 1.54. The molecule has 0 radical (unpaired) electrons. The highest BCUT2D eigenvalue weighted by Crippen LogP contribution is 2.12. The number of methoxy groups -OCH3 is 1. The lowest BCUT2D eigenvalue weighted by atomic mass is 10.2. The molecule has 2 rings (SSSR count). The molecule has 0 fully saturated rings. The standard InChI is InChI=1S/C13H13N3O3S/c1-18-7-10-6-11(16-19-10)13(17)15-9-4-2-8(3-5-9)12(14)20/h2-6H,7H2,1H3,(H2,14,20)(H,15,17). The monoisotopic (exact) mass is 291 g/mol. The summed E-state index contributed by atoms with van der Waals surface area (Å²) in [6.45, 7) is 0.267. The summed E-state index contributed by atoms with van der Waals surface area (Å²) in [5.74, 6) is 0.126. The van der Waals surface area contributed by atoms with Gasteiger partial charge in [-0.25, -0.2) is 0 Å². The van der Waals surface area contributed by atoms with E-state index in [1.165, 1.54) is 13.2 Å². The van der Waals surface area contributed by atoms with Crippen molar-refractivity contribution in [1.82, 2.24) is 5.16 Å². The molecule has 104 valence electrons. The van der Waals surface area contributed by atoms with Gasteiger partial charge in [-0.3, -0.25) is 4.79 Å². The third-order valence-electron chi connectivity index (χ3n) is 2.51. The van der Waals surface area contributed by atoms with Gasteiger partial charge in [0.25, 0.3) is 5.91 Å². The largest absolute Gasteiger partial charge is 0.389 e. The van der Waals surface area contributed by atoms with Gasteiger partial charge in [0, 0.05) is 24.4 Å². The zero-order chi connectivity index (χ0) is 14.5. The van der Waals surface area contributed by atoms with Crippen molar-refractivity contribution in [1.29, 1.82) is 0 Å². The van der Waals surface area contributed by atoms with E-state index in [0.717, 1.165) is 5.56 Å². The van der Waals surface area contributed by atoms with Gasteiger partial charge in [-0.05, 0) is 24.3 Å². The van der Waals surface area contributed by atoms with Crippen LogP contribution in [-0.2, 0) is 11.3 Å². The number of hydrogen-bond acceptors (Lipinski definition) is 5. The normalized spacial score (nSPS) is 10.2. The maximum atomic E-state index is 11.9. The van der Waals surface area contributed by atoms with Crippen molar-refractivity contribution in [3.63, 3.8) is 0 Å². The first-order valence-corrected chi connectivity index (χ1v) is 6.16. The smallest absolute Gasteiger partial charge is 0.277 e. The number of anilines is 1. The summed E-state index contributed by atoms with van der Waals surface area (Å²) in [6.07, 6.45) is 0. The second-order valence-electron chi connectivity index (χ2n) is 4.01. The first-order valence-electron chi connectivity index (χ1n) is 5.76. The van der Waals surface area contributed by atoms with Crippen LogP contribution in [0.3, 0.4) is 0 Å². The maximum absolute atomic E-state index is 11.9. The number of thiocarbonyl (C=S) groups is 1. The van der Waals surface area contributed by atoms with Gasteiger partial charge in [0.1, 0.15) is 11.6 Å². The van der Waals surface area contributed by atoms with Crippen LogP contribution in [0.1, 0.15) is 21.8 Å². The minimum atomic E-state index is -0.362. The summed E-state index contributed by atoms with van der Waals surface area (Å²) in [7, 11) is 1.53. The molecule has 20 heavy (non-hydrogen) atoms. The van der Waals surface area contributed by atoms with Crippen molar-refractivity contribution >= 4 is 28.8 Å². The van der Waals surface area contributed by atoms with Crippen LogP contribution in [0.5, 0.6) is 0 Å². The average molecular weight is 291 g/mol. The molecule has 0 bridgehead atoms. The number of amides is 1. The van der Waals surface area contributed by atoms with E-state index in [4.69, 9.17) is 27.2 Å². The van der Waals surface area contributed by atoms with Gasteiger partial charge in [0.05, 0.1) is 0 Å². The number of ether oxygens (including phenoxy) is 1. The maximum Gasteiger partial charge on any atom is 0.277 e.